The van der Waals surface area contributed by atoms with E-state index < -0.39 is 0 Å². The number of hydrogen-bond acceptors (Lipinski definition) is 3. The van der Waals surface area contributed by atoms with Gasteiger partial charge in [-0.05, 0) is 23.6 Å². The third-order valence-electron chi connectivity index (χ3n) is 4.12. The molecule has 4 unspecified atom stereocenters. The van der Waals surface area contributed by atoms with Crippen molar-refractivity contribution in [2.75, 3.05) is 33.2 Å². The van der Waals surface area contributed by atoms with Crippen LogP contribution in [0, 0.1) is 11.8 Å². The number of halogens is 1. The Hall–Kier alpha value is -0.760. The second-order valence-electron chi connectivity index (χ2n) is 5.43. The molecule has 0 aromatic carbocycles. The maximum Gasteiger partial charge on any atom is 0.333 e. The molecule has 3 rings (SSSR count). The zero-order valence-electron chi connectivity index (χ0n) is 10.0. The van der Waals surface area contributed by atoms with Crippen LogP contribution in [0.25, 0.3) is 0 Å². The van der Waals surface area contributed by atoms with Gasteiger partial charge in [-0.2, -0.15) is 0 Å². The van der Waals surface area contributed by atoms with Gasteiger partial charge in [-0.25, -0.2) is 0 Å². The summed E-state index contributed by atoms with van der Waals surface area (Å²) in [6, 6.07) is 0.0880. The Balaban J connectivity index is 1.74. The lowest BCUT2D eigenvalue weighted by molar-refractivity contribution is 0.239. The first-order valence-electron chi connectivity index (χ1n) is 6.13. The van der Waals surface area contributed by atoms with Crippen molar-refractivity contribution in [1.29, 1.82) is 0 Å². The van der Waals surface area contributed by atoms with Gasteiger partial charge in [-0.3, -0.25) is 4.90 Å². The normalized spacial score (nSPS) is 41.9. The van der Waals surface area contributed by atoms with E-state index in [1.165, 1.54) is 13.1 Å². The maximum atomic E-state index is 6.30. The fraction of sp³-hybridized carbons (Fsp3) is 0.750. The molecule has 3 aliphatic rings. The number of nitrogens with two attached hydrogens (primary N) is 1. The largest absolute Gasteiger partial charge is 0.389 e. The van der Waals surface area contributed by atoms with Crippen LogP contribution in [0.5, 0.6) is 0 Å². The number of fused-ring (bicyclic) bond motifs is 1. The van der Waals surface area contributed by atoms with E-state index in [-0.39, 0.29) is 11.4 Å². The van der Waals surface area contributed by atoms with Gasteiger partial charge in [0.2, 0.25) is 0 Å². The van der Waals surface area contributed by atoms with E-state index in [2.05, 4.69) is 27.4 Å². The van der Waals surface area contributed by atoms with Gasteiger partial charge in [-0.1, -0.05) is 0 Å². The van der Waals surface area contributed by atoms with E-state index in [1.807, 2.05) is 0 Å². The molecule has 2 N–H and O–H groups in total. The van der Waals surface area contributed by atoms with Crippen molar-refractivity contribution < 1.29 is 0 Å². The fourth-order valence-electron chi connectivity index (χ4n) is 3.39. The second-order valence-corrected chi connectivity index (χ2v) is 5.93. The van der Waals surface area contributed by atoms with Crippen molar-refractivity contribution in [3.8, 4) is 0 Å². The first kappa shape index (κ1) is 11.3. The van der Waals surface area contributed by atoms with E-state index >= 15 is 0 Å². The molecular weight excluding hydrogens is 236 g/mol. The SMILES string of the molecule is CN1CC2CN(C3C(N)=C=[N+]=CC3Cl)CC2C1. The summed E-state index contributed by atoms with van der Waals surface area (Å²) < 4.78 is 3.94. The molecule has 0 aliphatic carbocycles. The van der Waals surface area contributed by atoms with Gasteiger partial charge in [0, 0.05) is 26.2 Å². The van der Waals surface area contributed by atoms with Crippen LogP contribution < -0.4 is 10.4 Å². The molecule has 4 nitrogen and oxygen atoms in total. The van der Waals surface area contributed by atoms with Crippen LogP contribution in [-0.2, 0) is 0 Å². The zero-order valence-corrected chi connectivity index (χ0v) is 10.8. The number of nitrogens with zero attached hydrogens (tertiary/aromatic N) is 3. The smallest absolute Gasteiger partial charge is 0.333 e. The lowest BCUT2D eigenvalue weighted by atomic mass is 10.0. The van der Waals surface area contributed by atoms with Gasteiger partial charge in [0.05, 0.1) is 6.04 Å². The average molecular weight is 254 g/mol. The maximum absolute atomic E-state index is 6.30. The Morgan fingerprint density at radius 1 is 1.35 bits per heavy atom. The van der Waals surface area contributed by atoms with Gasteiger partial charge < -0.3 is 10.6 Å². The van der Waals surface area contributed by atoms with Gasteiger partial charge in [0.15, 0.2) is 11.1 Å². The molecule has 92 valence electrons. The van der Waals surface area contributed by atoms with E-state index in [1.54, 1.807) is 6.21 Å². The molecule has 0 bridgehead atoms. The van der Waals surface area contributed by atoms with Gasteiger partial charge in [0.1, 0.15) is 0 Å². The van der Waals surface area contributed by atoms with Crippen molar-refractivity contribution in [2.45, 2.75) is 11.4 Å². The molecule has 0 saturated carbocycles. The highest BCUT2D eigenvalue weighted by Crippen LogP contribution is 2.33. The van der Waals surface area contributed by atoms with Gasteiger partial charge in [0.25, 0.3) is 0 Å². The van der Waals surface area contributed by atoms with Crippen LogP contribution >= 0.6 is 11.6 Å². The summed E-state index contributed by atoms with van der Waals surface area (Å²) in [4.78, 5) is 4.83. The molecule has 0 amide bonds. The van der Waals surface area contributed by atoms with Crippen molar-refractivity contribution >= 4 is 23.7 Å². The van der Waals surface area contributed by atoms with Crippen molar-refractivity contribution in [2.24, 2.45) is 17.6 Å². The highest BCUT2D eigenvalue weighted by molar-refractivity contribution is 6.29. The third kappa shape index (κ3) is 1.93. The predicted molar refractivity (Wildman–Crippen MR) is 70.4 cm³/mol. The van der Waals surface area contributed by atoms with Crippen LogP contribution in [0.1, 0.15) is 0 Å². The zero-order chi connectivity index (χ0) is 12.0. The second kappa shape index (κ2) is 4.16. The topological polar surface area (TPSA) is 46.6 Å². The van der Waals surface area contributed by atoms with Crippen LogP contribution in [0.4, 0.5) is 0 Å². The van der Waals surface area contributed by atoms with Crippen LogP contribution in [0.3, 0.4) is 0 Å². The summed E-state index contributed by atoms with van der Waals surface area (Å²) in [7, 11) is 2.20. The van der Waals surface area contributed by atoms with Crippen LogP contribution in [0.15, 0.2) is 5.70 Å². The summed E-state index contributed by atoms with van der Waals surface area (Å²) >= 11 is 6.30. The molecule has 2 fully saturated rings. The number of rotatable bonds is 1. The molecule has 17 heavy (non-hydrogen) atoms. The summed E-state index contributed by atoms with van der Waals surface area (Å²) in [5, 5.41) is -0.118. The minimum absolute atomic E-state index is 0.0880. The highest BCUT2D eigenvalue weighted by Gasteiger charge is 2.44. The number of hydrogen-bond donors (Lipinski definition) is 1. The van der Waals surface area contributed by atoms with Gasteiger partial charge >= 0.3 is 12.1 Å². The Kier molecular flexibility index (Phi) is 2.78. The number of alkyl halides is 1. The molecule has 4 atom stereocenters. The lowest BCUT2D eigenvalue weighted by Crippen LogP contribution is -2.47. The monoisotopic (exact) mass is 253 g/mol. The Labute approximate surface area is 106 Å². The van der Waals surface area contributed by atoms with Crippen LogP contribution in [0.2, 0.25) is 0 Å². The van der Waals surface area contributed by atoms with E-state index in [0.29, 0.717) is 5.70 Å². The molecule has 5 heteroatoms. The van der Waals surface area contributed by atoms with Gasteiger partial charge in [-0.15, -0.1) is 11.6 Å². The molecule has 0 spiro atoms. The summed E-state index contributed by atoms with van der Waals surface area (Å²) in [5.41, 5.74) is 6.66. The minimum Gasteiger partial charge on any atom is -0.389 e. The fourth-order valence-corrected chi connectivity index (χ4v) is 3.74. The Morgan fingerprint density at radius 2 is 2.00 bits per heavy atom. The van der Waals surface area contributed by atoms with E-state index in [4.69, 9.17) is 17.3 Å². The Bertz CT molecular complexity index is 408. The lowest BCUT2D eigenvalue weighted by Gasteiger charge is -2.28. The quantitative estimate of drug-likeness (QED) is 0.488. The molecular formula is C12H18ClN4+. The molecule has 0 radical (unpaired) electrons. The predicted octanol–water partition coefficient (Wildman–Crippen LogP) is -0.880. The molecule has 3 aliphatic heterocycles. The highest BCUT2D eigenvalue weighted by atomic mass is 35.5. The van der Waals surface area contributed by atoms with Crippen molar-refractivity contribution in [3.63, 3.8) is 0 Å². The molecule has 2 saturated heterocycles. The van der Waals surface area contributed by atoms with E-state index in [9.17, 15) is 0 Å². The first-order valence-corrected chi connectivity index (χ1v) is 6.57. The van der Waals surface area contributed by atoms with Crippen molar-refractivity contribution in [3.05, 3.63) is 5.70 Å². The molecule has 0 aromatic rings. The molecule has 3 heterocycles. The first-order chi connectivity index (χ1) is 8.15. The average Bonchev–Trinajstić information content (AvgIpc) is 2.74. The summed E-state index contributed by atoms with van der Waals surface area (Å²) in [6.45, 7) is 4.59. The number of likely N-dealkylation sites (tertiary alicyclic amines) is 2. The minimum atomic E-state index is -0.118. The summed E-state index contributed by atoms with van der Waals surface area (Å²) in [6.07, 6.45) is 1.74. The Morgan fingerprint density at radius 3 is 2.59 bits per heavy atom. The summed E-state index contributed by atoms with van der Waals surface area (Å²) in [5.74, 6) is 4.39. The third-order valence-corrected chi connectivity index (χ3v) is 4.47. The van der Waals surface area contributed by atoms with Crippen LogP contribution in [-0.4, -0.2) is 66.5 Å². The molecule has 0 aromatic heterocycles. The van der Waals surface area contributed by atoms with Crippen molar-refractivity contribution in [1.82, 2.24) is 14.5 Å². The standard InChI is InChI=1S/C12H18ClN4/c1-16-4-8-6-17(7-9(8)5-16)12-10(13)2-15-3-11(12)14/h2,8-10,12H,4-7,14H2,1H3/q+1. The van der Waals surface area contributed by atoms with E-state index in [0.717, 1.165) is 24.9 Å².